The van der Waals surface area contributed by atoms with Gasteiger partial charge in [0.15, 0.2) is 5.82 Å². The molecule has 5 N–H and O–H groups in total. The molecule has 0 unspecified atom stereocenters. The normalized spacial score (nSPS) is 12.0. The number of benzene rings is 1. The number of amides is 2. The number of nitrogens with zero attached hydrogens (tertiary/aromatic N) is 2. The summed E-state index contributed by atoms with van der Waals surface area (Å²) in [5.74, 6) is -0.0523. The molecule has 0 aliphatic rings. The van der Waals surface area contributed by atoms with Gasteiger partial charge in [-0.05, 0) is 18.1 Å². The Morgan fingerprint density at radius 2 is 2.13 bits per heavy atom. The summed E-state index contributed by atoms with van der Waals surface area (Å²) in [5.41, 5.74) is 7.11. The molecule has 0 fully saturated rings. The second-order valence-electron chi connectivity index (χ2n) is 5.45. The molecule has 2 aromatic rings. The summed E-state index contributed by atoms with van der Waals surface area (Å²) in [7, 11) is 0. The number of nitrogens with one attached hydrogen (secondary N) is 3. The zero-order valence-electron chi connectivity index (χ0n) is 13.0. The Hall–Kier alpha value is -2.74. The number of H-pyrrole nitrogens is 1. The Labute approximate surface area is 133 Å². The van der Waals surface area contributed by atoms with Gasteiger partial charge in [0.25, 0.3) is 0 Å². The number of aromatic amines is 1. The molecule has 1 heterocycles. The topological polar surface area (TPSA) is 126 Å². The average molecular weight is 316 g/mol. The molecule has 0 saturated heterocycles. The fraction of sp³-hybridized carbons (Fsp3) is 0.333. The van der Waals surface area contributed by atoms with Gasteiger partial charge in [-0.1, -0.05) is 26.0 Å². The van der Waals surface area contributed by atoms with Crippen LogP contribution < -0.4 is 16.4 Å². The molecule has 2 amide bonds. The zero-order valence-corrected chi connectivity index (χ0v) is 13.0. The lowest BCUT2D eigenvalue weighted by Gasteiger charge is -2.15. The van der Waals surface area contributed by atoms with Gasteiger partial charge in [0.2, 0.25) is 11.8 Å². The fourth-order valence-electron chi connectivity index (χ4n) is 1.88. The summed E-state index contributed by atoms with van der Waals surface area (Å²) < 4.78 is 0. The average Bonchev–Trinajstić information content (AvgIpc) is 3.06. The van der Waals surface area contributed by atoms with E-state index in [1.807, 2.05) is 19.9 Å². The van der Waals surface area contributed by atoms with E-state index in [2.05, 4.69) is 25.8 Å². The van der Waals surface area contributed by atoms with Gasteiger partial charge in [-0.15, -0.1) is 0 Å². The van der Waals surface area contributed by atoms with Gasteiger partial charge in [0.05, 0.1) is 12.6 Å². The number of rotatable bonds is 6. The summed E-state index contributed by atoms with van der Waals surface area (Å²) >= 11 is 0. The van der Waals surface area contributed by atoms with Gasteiger partial charge in [0, 0.05) is 11.3 Å². The molecule has 0 saturated carbocycles. The molecule has 1 atom stereocenters. The van der Waals surface area contributed by atoms with Gasteiger partial charge in [-0.2, -0.15) is 5.10 Å². The van der Waals surface area contributed by atoms with Crippen molar-refractivity contribution in [3.63, 3.8) is 0 Å². The monoisotopic (exact) mass is 316 g/mol. The zero-order chi connectivity index (χ0) is 16.8. The summed E-state index contributed by atoms with van der Waals surface area (Å²) in [6.07, 6.45) is 1.41. The lowest BCUT2D eigenvalue weighted by Crippen LogP contribution is -2.46. The van der Waals surface area contributed by atoms with E-state index in [1.54, 1.807) is 18.2 Å². The molecule has 1 aromatic carbocycles. The van der Waals surface area contributed by atoms with Gasteiger partial charge in [-0.25, -0.2) is 4.98 Å². The highest BCUT2D eigenvalue weighted by molar-refractivity contribution is 5.95. The number of hydrogen-bond donors (Lipinski definition) is 4. The summed E-state index contributed by atoms with van der Waals surface area (Å²) in [6, 6.07) is 6.53. The Morgan fingerprint density at radius 3 is 2.78 bits per heavy atom. The maximum atomic E-state index is 11.9. The molecule has 0 bridgehead atoms. The first kappa shape index (κ1) is 16.6. The van der Waals surface area contributed by atoms with Crippen LogP contribution in [0, 0.1) is 5.92 Å². The van der Waals surface area contributed by atoms with E-state index in [1.165, 1.54) is 6.33 Å². The van der Waals surface area contributed by atoms with E-state index < -0.39 is 6.04 Å². The predicted molar refractivity (Wildman–Crippen MR) is 86.3 cm³/mol. The van der Waals surface area contributed by atoms with Crippen molar-refractivity contribution >= 4 is 17.5 Å². The Morgan fingerprint density at radius 1 is 1.35 bits per heavy atom. The van der Waals surface area contributed by atoms with Crippen molar-refractivity contribution in [3.8, 4) is 11.4 Å². The summed E-state index contributed by atoms with van der Waals surface area (Å²) in [5, 5.41) is 11.8. The largest absolute Gasteiger partial charge is 0.346 e. The molecule has 122 valence electrons. The highest BCUT2D eigenvalue weighted by Crippen LogP contribution is 2.18. The van der Waals surface area contributed by atoms with Gasteiger partial charge < -0.3 is 16.4 Å². The van der Waals surface area contributed by atoms with Gasteiger partial charge in [-0.3, -0.25) is 14.7 Å². The van der Waals surface area contributed by atoms with Crippen LogP contribution in [0.2, 0.25) is 0 Å². The van der Waals surface area contributed by atoms with Crippen molar-refractivity contribution in [2.24, 2.45) is 11.7 Å². The lowest BCUT2D eigenvalue weighted by atomic mass is 10.1. The highest BCUT2D eigenvalue weighted by atomic mass is 16.2. The molecular weight excluding hydrogens is 296 g/mol. The van der Waals surface area contributed by atoms with Crippen molar-refractivity contribution < 1.29 is 9.59 Å². The number of anilines is 1. The molecule has 0 radical (unpaired) electrons. The van der Waals surface area contributed by atoms with Crippen molar-refractivity contribution in [2.45, 2.75) is 19.9 Å². The molecule has 1 aromatic heterocycles. The van der Waals surface area contributed by atoms with Crippen LogP contribution in [0.15, 0.2) is 30.6 Å². The standard InChI is InChI=1S/C15H20N6O2/c1-9(2)13(16)15(23)17-7-12(22)20-11-5-3-4-10(6-11)14-18-8-19-21-14/h3-6,8-9,13H,7,16H2,1-2H3,(H,17,23)(H,20,22)(H,18,19,21)/t13-/m0/s1. The van der Waals surface area contributed by atoms with E-state index in [4.69, 9.17) is 5.73 Å². The minimum Gasteiger partial charge on any atom is -0.346 e. The number of carbonyl (C=O) groups is 2. The summed E-state index contributed by atoms with van der Waals surface area (Å²) in [4.78, 5) is 27.7. The van der Waals surface area contributed by atoms with Crippen LogP contribution >= 0.6 is 0 Å². The van der Waals surface area contributed by atoms with E-state index >= 15 is 0 Å². The first-order valence-corrected chi connectivity index (χ1v) is 7.26. The Kier molecular flexibility index (Phi) is 5.42. The molecule has 23 heavy (non-hydrogen) atoms. The van der Waals surface area contributed by atoms with Crippen LogP contribution in [0.1, 0.15) is 13.8 Å². The second-order valence-corrected chi connectivity index (χ2v) is 5.45. The second kappa shape index (κ2) is 7.50. The number of hydrogen-bond acceptors (Lipinski definition) is 5. The lowest BCUT2D eigenvalue weighted by molar-refractivity contribution is -0.125. The molecule has 0 spiro atoms. The van der Waals surface area contributed by atoms with Gasteiger partial charge >= 0.3 is 0 Å². The number of aromatic nitrogens is 3. The maximum absolute atomic E-state index is 11.9. The Bertz CT molecular complexity index is 668. The SMILES string of the molecule is CC(C)[C@H](N)C(=O)NCC(=O)Nc1cccc(-c2ncn[nH]2)c1. The molecule has 2 rings (SSSR count). The van der Waals surface area contributed by atoms with Crippen LogP contribution in [-0.2, 0) is 9.59 Å². The quantitative estimate of drug-likeness (QED) is 0.618. The fourth-order valence-corrected chi connectivity index (χ4v) is 1.88. The van der Waals surface area contributed by atoms with Crippen LogP contribution in [-0.4, -0.2) is 39.6 Å². The third kappa shape index (κ3) is 4.62. The van der Waals surface area contributed by atoms with Crippen LogP contribution in [0.5, 0.6) is 0 Å². The van der Waals surface area contributed by atoms with E-state index in [0.29, 0.717) is 11.5 Å². The Balaban J connectivity index is 1.91. The first-order valence-electron chi connectivity index (χ1n) is 7.26. The third-order valence-electron chi connectivity index (χ3n) is 3.28. The maximum Gasteiger partial charge on any atom is 0.243 e. The number of carbonyl (C=O) groups excluding carboxylic acids is 2. The smallest absolute Gasteiger partial charge is 0.243 e. The first-order chi connectivity index (χ1) is 11.0. The van der Waals surface area contributed by atoms with Crippen LogP contribution in [0.3, 0.4) is 0 Å². The predicted octanol–water partition coefficient (Wildman–Crippen LogP) is 0.510. The third-order valence-corrected chi connectivity index (χ3v) is 3.28. The minimum absolute atomic E-state index is 0.0108. The van der Waals surface area contributed by atoms with Crippen molar-refractivity contribution in [1.29, 1.82) is 0 Å². The van der Waals surface area contributed by atoms with E-state index in [0.717, 1.165) is 5.56 Å². The van der Waals surface area contributed by atoms with Crippen LogP contribution in [0.25, 0.3) is 11.4 Å². The molecule has 8 nitrogen and oxygen atoms in total. The molecule has 8 heteroatoms. The molecular formula is C15H20N6O2. The minimum atomic E-state index is -0.627. The number of nitrogens with two attached hydrogens (primary N) is 1. The van der Waals surface area contributed by atoms with Crippen molar-refractivity contribution in [1.82, 2.24) is 20.5 Å². The van der Waals surface area contributed by atoms with Crippen molar-refractivity contribution in [3.05, 3.63) is 30.6 Å². The summed E-state index contributed by atoms with van der Waals surface area (Å²) in [6.45, 7) is 3.56. The molecule has 0 aliphatic carbocycles. The van der Waals surface area contributed by atoms with E-state index in [9.17, 15) is 9.59 Å². The van der Waals surface area contributed by atoms with Crippen LogP contribution in [0.4, 0.5) is 5.69 Å². The highest BCUT2D eigenvalue weighted by Gasteiger charge is 2.17. The van der Waals surface area contributed by atoms with E-state index in [-0.39, 0.29) is 24.3 Å². The van der Waals surface area contributed by atoms with Crippen molar-refractivity contribution in [2.75, 3.05) is 11.9 Å². The van der Waals surface area contributed by atoms with Gasteiger partial charge in [0.1, 0.15) is 6.33 Å². The molecule has 0 aliphatic heterocycles.